The summed E-state index contributed by atoms with van der Waals surface area (Å²) < 4.78 is -1.50. The van der Waals surface area contributed by atoms with E-state index in [1.807, 2.05) is 13.8 Å². The molecule has 0 radical (unpaired) electrons. The summed E-state index contributed by atoms with van der Waals surface area (Å²) in [6.07, 6.45) is 4.47. The molecule has 0 aromatic heterocycles. The molecule has 1 unspecified atom stereocenters. The number of rotatable bonds is 4. The molecule has 19 heavy (non-hydrogen) atoms. The summed E-state index contributed by atoms with van der Waals surface area (Å²) in [4.78, 5) is 14.0. The third-order valence-electron chi connectivity index (χ3n) is 3.21. The Morgan fingerprint density at radius 1 is 1.16 bits per heavy atom. The van der Waals surface area contributed by atoms with Crippen molar-refractivity contribution in [2.45, 2.75) is 55.9 Å². The van der Waals surface area contributed by atoms with Crippen LogP contribution in [0.3, 0.4) is 0 Å². The Labute approximate surface area is 130 Å². The fourth-order valence-corrected chi connectivity index (χ4v) is 2.89. The lowest BCUT2D eigenvalue weighted by Crippen LogP contribution is -2.55. The van der Waals surface area contributed by atoms with E-state index in [1.54, 1.807) is 0 Å². The molecule has 3 nitrogen and oxygen atoms in total. The van der Waals surface area contributed by atoms with Crippen molar-refractivity contribution >= 4 is 40.7 Å². The summed E-state index contributed by atoms with van der Waals surface area (Å²) in [7, 11) is 0. The van der Waals surface area contributed by atoms with Crippen molar-refractivity contribution in [3.8, 4) is 0 Å². The van der Waals surface area contributed by atoms with E-state index in [4.69, 9.17) is 34.8 Å². The van der Waals surface area contributed by atoms with Gasteiger partial charge in [0.25, 0.3) is 0 Å². The van der Waals surface area contributed by atoms with E-state index in [0.717, 1.165) is 25.9 Å². The van der Waals surface area contributed by atoms with Gasteiger partial charge in [-0.2, -0.15) is 0 Å². The Bertz CT molecular complexity index is 284. The molecule has 1 fully saturated rings. The number of nitrogens with one attached hydrogen (secondary N) is 1. The molecular formula is C13H23Cl3N2O. The van der Waals surface area contributed by atoms with E-state index in [1.165, 1.54) is 12.8 Å². The summed E-state index contributed by atoms with van der Waals surface area (Å²) >= 11 is 18.1. The summed E-state index contributed by atoms with van der Waals surface area (Å²) in [6.45, 7) is 5.72. The molecule has 0 spiro atoms. The van der Waals surface area contributed by atoms with Crippen molar-refractivity contribution in [3.63, 3.8) is 0 Å². The van der Waals surface area contributed by atoms with Gasteiger partial charge in [-0.05, 0) is 18.8 Å². The quantitative estimate of drug-likeness (QED) is 0.797. The zero-order valence-corrected chi connectivity index (χ0v) is 13.9. The van der Waals surface area contributed by atoms with Crippen LogP contribution in [0.15, 0.2) is 0 Å². The Balaban J connectivity index is 2.68. The van der Waals surface area contributed by atoms with Crippen LogP contribution in [-0.2, 0) is 4.79 Å². The highest BCUT2D eigenvalue weighted by atomic mass is 35.6. The highest BCUT2D eigenvalue weighted by Gasteiger charge is 2.38. The second-order valence-corrected chi connectivity index (χ2v) is 7.93. The average Bonchev–Trinajstić information content (AvgIpc) is 2.51. The SMILES string of the molecule is CC(C)CC(=O)NC(N1CCCCCC1)C(Cl)(Cl)Cl. The maximum Gasteiger partial charge on any atom is 0.223 e. The van der Waals surface area contributed by atoms with Crippen molar-refractivity contribution in [1.82, 2.24) is 10.2 Å². The first-order valence-electron chi connectivity index (χ1n) is 6.91. The van der Waals surface area contributed by atoms with Gasteiger partial charge in [-0.25, -0.2) is 0 Å². The van der Waals surface area contributed by atoms with Crippen molar-refractivity contribution in [2.75, 3.05) is 13.1 Å². The standard InChI is InChI=1S/C13H23Cl3N2O/c1-10(2)9-11(19)17-12(13(14,15)16)18-7-5-3-4-6-8-18/h10,12H,3-9H2,1-2H3,(H,17,19). The molecule has 1 rings (SSSR count). The lowest BCUT2D eigenvalue weighted by molar-refractivity contribution is -0.123. The molecule has 0 aromatic rings. The van der Waals surface area contributed by atoms with Crippen LogP contribution in [0.2, 0.25) is 0 Å². The molecule has 1 amide bonds. The molecule has 1 N–H and O–H groups in total. The Morgan fingerprint density at radius 3 is 2.11 bits per heavy atom. The molecule has 0 aliphatic carbocycles. The van der Waals surface area contributed by atoms with Gasteiger partial charge in [0.15, 0.2) is 0 Å². The molecule has 1 aliphatic rings. The minimum absolute atomic E-state index is 0.0597. The van der Waals surface area contributed by atoms with Crippen molar-refractivity contribution in [3.05, 3.63) is 0 Å². The van der Waals surface area contributed by atoms with Gasteiger partial charge in [0.1, 0.15) is 6.17 Å². The van der Waals surface area contributed by atoms with Crippen molar-refractivity contribution in [1.29, 1.82) is 0 Å². The topological polar surface area (TPSA) is 32.3 Å². The number of carbonyl (C=O) groups excluding carboxylic acids is 1. The Hall–Kier alpha value is 0.300. The number of hydrogen-bond acceptors (Lipinski definition) is 2. The zero-order chi connectivity index (χ0) is 14.5. The van der Waals surface area contributed by atoms with Crippen LogP contribution in [-0.4, -0.2) is 33.9 Å². The number of hydrogen-bond donors (Lipinski definition) is 1. The lowest BCUT2D eigenvalue weighted by atomic mass is 10.1. The molecule has 6 heteroatoms. The predicted molar refractivity (Wildman–Crippen MR) is 81.7 cm³/mol. The number of nitrogens with zero attached hydrogens (tertiary/aromatic N) is 1. The Kier molecular flexibility index (Phi) is 7.23. The molecule has 0 saturated carbocycles. The first-order chi connectivity index (χ1) is 8.80. The number of amides is 1. The third-order valence-corrected chi connectivity index (χ3v) is 3.83. The molecule has 1 saturated heterocycles. The molecular weight excluding hydrogens is 307 g/mol. The smallest absolute Gasteiger partial charge is 0.223 e. The summed E-state index contributed by atoms with van der Waals surface area (Å²) in [5.41, 5.74) is 0. The first-order valence-corrected chi connectivity index (χ1v) is 8.04. The molecule has 1 aliphatic heterocycles. The van der Waals surface area contributed by atoms with E-state index >= 15 is 0 Å². The monoisotopic (exact) mass is 328 g/mol. The van der Waals surface area contributed by atoms with E-state index in [0.29, 0.717) is 12.3 Å². The minimum Gasteiger partial charge on any atom is -0.337 e. The summed E-state index contributed by atoms with van der Waals surface area (Å²) in [6, 6.07) is 0. The van der Waals surface area contributed by atoms with Gasteiger partial charge in [-0.3, -0.25) is 9.69 Å². The van der Waals surface area contributed by atoms with Gasteiger partial charge >= 0.3 is 0 Å². The molecule has 0 bridgehead atoms. The second kappa shape index (κ2) is 7.92. The van der Waals surface area contributed by atoms with Gasteiger partial charge in [0.2, 0.25) is 9.70 Å². The van der Waals surface area contributed by atoms with Gasteiger partial charge in [0.05, 0.1) is 0 Å². The van der Waals surface area contributed by atoms with Crippen molar-refractivity contribution in [2.24, 2.45) is 5.92 Å². The van der Waals surface area contributed by atoms with Gasteiger partial charge in [-0.15, -0.1) is 0 Å². The van der Waals surface area contributed by atoms with Crippen LogP contribution in [0, 0.1) is 5.92 Å². The summed E-state index contributed by atoms with van der Waals surface area (Å²) in [5, 5.41) is 2.88. The lowest BCUT2D eigenvalue weighted by Gasteiger charge is -2.35. The van der Waals surface area contributed by atoms with Crippen molar-refractivity contribution < 1.29 is 4.79 Å². The third kappa shape index (κ3) is 6.52. The highest BCUT2D eigenvalue weighted by molar-refractivity contribution is 6.68. The van der Waals surface area contributed by atoms with Crippen LogP contribution in [0.5, 0.6) is 0 Å². The zero-order valence-electron chi connectivity index (χ0n) is 11.6. The predicted octanol–water partition coefficient (Wildman–Crippen LogP) is 3.72. The molecule has 1 atom stereocenters. The van der Waals surface area contributed by atoms with E-state index in [-0.39, 0.29) is 5.91 Å². The van der Waals surface area contributed by atoms with Crippen LogP contribution in [0.4, 0.5) is 0 Å². The van der Waals surface area contributed by atoms with Crippen LogP contribution < -0.4 is 5.32 Å². The van der Waals surface area contributed by atoms with Crippen LogP contribution in [0.1, 0.15) is 46.0 Å². The van der Waals surface area contributed by atoms with Gasteiger partial charge < -0.3 is 5.32 Å². The van der Waals surface area contributed by atoms with Crippen LogP contribution in [0.25, 0.3) is 0 Å². The van der Waals surface area contributed by atoms with E-state index in [9.17, 15) is 4.79 Å². The summed E-state index contributed by atoms with van der Waals surface area (Å²) in [5.74, 6) is 0.232. The molecule has 1 heterocycles. The normalized spacial score (nSPS) is 20.1. The maximum absolute atomic E-state index is 11.9. The fraction of sp³-hybridized carbons (Fsp3) is 0.923. The molecule has 112 valence electrons. The largest absolute Gasteiger partial charge is 0.337 e. The highest BCUT2D eigenvalue weighted by Crippen LogP contribution is 2.33. The minimum atomic E-state index is -1.50. The van der Waals surface area contributed by atoms with E-state index < -0.39 is 9.96 Å². The van der Waals surface area contributed by atoms with Gasteiger partial charge in [-0.1, -0.05) is 61.5 Å². The number of alkyl halides is 3. The number of likely N-dealkylation sites (tertiary alicyclic amines) is 1. The average molecular weight is 330 g/mol. The van der Waals surface area contributed by atoms with Gasteiger partial charge in [0, 0.05) is 19.5 Å². The first kappa shape index (κ1) is 17.4. The van der Waals surface area contributed by atoms with Crippen LogP contribution >= 0.6 is 34.8 Å². The fourth-order valence-electron chi connectivity index (χ4n) is 2.32. The number of halogens is 3. The number of carbonyl (C=O) groups is 1. The Morgan fingerprint density at radius 2 is 1.68 bits per heavy atom. The van der Waals surface area contributed by atoms with E-state index in [2.05, 4.69) is 10.2 Å². The second-order valence-electron chi connectivity index (χ2n) is 5.56. The maximum atomic E-state index is 11.9. The molecule has 0 aromatic carbocycles.